The molecule has 0 spiro atoms. The second kappa shape index (κ2) is 11.4. The number of nitrogens with one attached hydrogen (secondary N) is 1. The number of nitrogens with zero attached hydrogens (tertiary/aromatic N) is 7. The van der Waals surface area contributed by atoms with Crippen LogP contribution in [0, 0.1) is 5.92 Å². The standard InChI is InChI=1S/C30H36F2N8O2/c1-20-21-7-6-8-23(15-21)30(31,32)22-9-13-38(14-10-22)17-24-18-40(36-35-24)12-5-3-4-11-39-19-25-26(16-27(39)41)37(2)29(42)34-28(25)33-20/h6-8,15-16,18-20,22H,3-5,9-14,17H2,1-2H3,(H,33,34,42)/t20-/m1/s1. The maximum Gasteiger partial charge on any atom is 0.349 e. The van der Waals surface area contributed by atoms with Crippen LogP contribution in [0.4, 0.5) is 14.6 Å². The van der Waals surface area contributed by atoms with Gasteiger partial charge in [0.25, 0.3) is 11.5 Å². The van der Waals surface area contributed by atoms with Crippen molar-refractivity contribution in [2.75, 3.05) is 18.4 Å². The molecule has 3 aliphatic rings. The van der Waals surface area contributed by atoms with Crippen molar-refractivity contribution >= 4 is 16.7 Å². The Bertz CT molecular complexity index is 1700. The lowest BCUT2D eigenvalue weighted by atomic mass is 9.85. The monoisotopic (exact) mass is 578 g/mol. The molecule has 1 atom stereocenters. The lowest BCUT2D eigenvalue weighted by Gasteiger charge is -2.36. The molecular weight excluding hydrogens is 542 g/mol. The number of fused-ring (bicyclic) bond motifs is 7. The van der Waals surface area contributed by atoms with Gasteiger partial charge in [0.2, 0.25) is 0 Å². The van der Waals surface area contributed by atoms with E-state index < -0.39 is 23.6 Å². The number of pyridine rings is 1. The minimum absolute atomic E-state index is 0.0101. The summed E-state index contributed by atoms with van der Waals surface area (Å²) < 4.78 is 36.5. The van der Waals surface area contributed by atoms with Crippen LogP contribution in [0.3, 0.4) is 0 Å². The first kappa shape index (κ1) is 28.2. The highest BCUT2D eigenvalue weighted by Crippen LogP contribution is 2.42. The highest BCUT2D eigenvalue weighted by molar-refractivity contribution is 5.88. The number of aromatic nitrogens is 6. The average Bonchev–Trinajstić information content (AvgIpc) is 3.43. The zero-order valence-electron chi connectivity index (χ0n) is 24.0. The van der Waals surface area contributed by atoms with E-state index in [-0.39, 0.29) is 11.1 Å². The Balaban J connectivity index is 1.36. The van der Waals surface area contributed by atoms with Gasteiger partial charge in [-0.05, 0) is 63.7 Å². The fourth-order valence-corrected chi connectivity index (χ4v) is 6.12. The van der Waals surface area contributed by atoms with E-state index in [0.29, 0.717) is 67.8 Å². The normalized spacial score (nSPS) is 23.1. The van der Waals surface area contributed by atoms with Crippen LogP contribution in [0.25, 0.3) is 10.9 Å². The van der Waals surface area contributed by atoms with Crippen molar-refractivity contribution in [3.63, 3.8) is 0 Å². The first-order valence-electron chi connectivity index (χ1n) is 14.7. The van der Waals surface area contributed by atoms with E-state index in [1.807, 2.05) is 17.8 Å². The molecule has 1 saturated heterocycles. The number of piperidine rings is 1. The molecule has 42 heavy (non-hydrogen) atoms. The van der Waals surface area contributed by atoms with Crippen LogP contribution in [0.15, 0.2) is 52.3 Å². The quantitative estimate of drug-likeness (QED) is 0.336. The van der Waals surface area contributed by atoms with Crippen molar-refractivity contribution in [2.45, 2.75) is 70.6 Å². The summed E-state index contributed by atoms with van der Waals surface area (Å²) in [6, 6.07) is 7.54. The Hall–Kier alpha value is -3.93. The first-order valence-corrected chi connectivity index (χ1v) is 14.7. The van der Waals surface area contributed by atoms with Gasteiger partial charge in [0.15, 0.2) is 0 Å². The second-order valence-electron chi connectivity index (χ2n) is 11.6. The highest BCUT2D eigenvalue weighted by Gasteiger charge is 2.42. The van der Waals surface area contributed by atoms with E-state index in [1.165, 1.54) is 16.7 Å². The summed E-state index contributed by atoms with van der Waals surface area (Å²) >= 11 is 0. The summed E-state index contributed by atoms with van der Waals surface area (Å²) in [7, 11) is 1.58. The van der Waals surface area contributed by atoms with E-state index in [1.54, 1.807) is 36.0 Å². The van der Waals surface area contributed by atoms with E-state index in [2.05, 4.69) is 25.5 Å². The zero-order chi connectivity index (χ0) is 29.4. The van der Waals surface area contributed by atoms with E-state index in [9.17, 15) is 9.59 Å². The molecule has 0 unspecified atom stereocenters. The SMILES string of the molecule is C[C@H]1Nc2nc(=O)n(C)c3cc(=O)n(cc23)CCCCCn2cc(nn2)CN2CCC(CC2)C(F)(F)c2cccc1c2. The predicted octanol–water partition coefficient (Wildman–Crippen LogP) is 4.05. The summed E-state index contributed by atoms with van der Waals surface area (Å²) in [6.45, 7) is 4.83. The summed E-state index contributed by atoms with van der Waals surface area (Å²) in [6.07, 6.45) is 7.02. The first-order chi connectivity index (χ1) is 20.2. The van der Waals surface area contributed by atoms with Crippen molar-refractivity contribution in [3.8, 4) is 0 Å². The summed E-state index contributed by atoms with van der Waals surface area (Å²) in [4.78, 5) is 32.0. The Morgan fingerprint density at radius 1 is 1.00 bits per heavy atom. The number of anilines is 1. The molecule has 222 valence electrons. The van der Waals surface area contributed by atoms with Gasteiger partial charge < -0.3 is 9.88 Å². The number of hydrogen-bond acceptors (Lipinski definition) is 7. The predicted molar refractivity (Wildman–Crippen MR) is 155 cm³/mol. The molecule has 6 heterocycles. The van der Waals surface area contributed by atoms with Gasteiger partial charge in [-0.25, -0.2) is 13.6 Å². The van der Waals surface area contributed by atoms with Crippen molar-refractivity contribution in [1.82, 2.24) is 34.0 Å². The molecule has 8 bridgehead atoms. The van der Waals surface area contributed by atoms with E-state index >= 15 is 8.78 Å². The third kappa shape index (κ3) is 5.59. The zero-order valence-corrected chi connectivity index (χ0v) is 24.0. The summed E-state index contributed by atoms with van der Waals surface area (Å²) in [5.74, 6) is -3.42. The number of benzene rings is 1. The van der Waals surface area contributed by atoms with Crippen LogP contribution in [-0.2, 0) is 32.6 Å². The van der Waals surface area contributed by atoms with Crippen molar-refractivity contribution in [2.24, 2.45) is 13.0 Å². The molecule has 4 aromatic rings. The minimum atomic E-state index is -2.98. The van der Waals surface area contributed by atoms with Crippen molar-refractivity contribution in [3.05, 3.63) is 80.4 Å². The molecule has 0 saturated carbocycles. The molecule has 3 aliphatic heterocycles. The van der Waals surface area contributed by atoms with E-state index in [4.69, 9.17) is 0 Å². The lowest BCUT2D eigenvalue weighted by Crippen LogP contribution is -2.39. The van der Waals surface area contributed by atoms with Gasteiger partial charge in [-0.2, -0.15) is 4.98 Å². The van der Waals surface area contributed by atoms with Crippen LogP contribution in [0.1, 0.15) is 61.9 Å². The molecule has 7 rings (SSSR count). The fourth-order valence-electron chi connectivity index (χ4n) is 6.12. The lowest BCUT2D eigenvalue weighted by molar-refractivity contribution is -0.0861. The van der Waals surface area contributed by atoms with Gasteiger partial charge in [0, 0.05) is 62.7 Å². The average molecular weight is 579 g/mol. The molecular formula is C30H36F2N8O2. The maximum absolute atomic E-state index is 15.8. The molecule has 0 amide bonds. The number of aryl methyl sites for hydroxylation is 3. The van der Waals surface area contributed by atoms with Crippen LogP contribution >= 0.6 is 0 Å². The van der Waals surface area contributed by atoms with Crippen LogP contribution in [0.2, 0.25) is 0 Å². The summed E-state index contributed by atoms with van der Waals surface area (Å²) in [5.41, 5.74) is 1.25. The Kier molecular flexibility index (Phi) is 7.65. The molecule has 0 aliphatic carbocycles. The van der Waals surface area contributed by atoms with Gasteiger partial charge in [0.05, 0.1) is 16.6 Å². The molecule has 0 radical (unpaired) electrons. The summed E-state index contributed by atoms with van der Waals surface area (Å²) in [5, 5.41) is 12.4. The van der Waals surface area contributed by atoms with Gasteiger partial charge in [-0.15, -0.1) is 5.10 Å². The molecule has 1 fully saturated rings. The maximum atomic E-state index is 15.8. The molecule has 3 aromatic heterocycles. The van der Waals surface area contributed by atoms with E-state index in [0.717, 1.165) is 25.0 Å². The number of alkyl halides is 2. The van der Waals surface area contributed by atoms with Gasteiger partial charge in [-0.3, -0.25) is 18.9 Å². The number of hydrogen-bond donors (Lipinski definition) is 1. The molecule has 10 nitrogen and oxygen atoms in total. The van der Waals surface area contributed by atoms with Crippen LogP contribution < -0.4 is 16.6 Å². The van der Waals surface area contributed by atoms with Crippen LogP contribution in [0.5, 0.6) is 0 Å². The van der Waals surface area contributed by atoms with Crippen molar-refractivity contribution in [1.29, 1.82) is 0 Å². The van der Waals surface area contributed by atoms with Gasteiger partial charge >= 0.3 is 5.69 Å². The van der Waals surface area contributed by atoms with Crippen LogP contribution in [-0.4, -0.2) is 47.1 Å². The molecule has 1 N–H and O–H groups in total. The Labute approximate surface area is 242 Å². The Morgan fingerprint density at radius 3 is 2.60 bits per heavy atom. The fraction of sp³-hybridized carbons (Fsp3) is 0.500. The third-order valence-corrected chi connectivity index (χ3v) is 8.70. The van der Waals surface area contributed by atoms with Crippen molar-refractivity contribution < 1.29 is 8.78 Å². The molecule has 1 aromatic carbocycles. The van der Waals surface area contributed by atoms with Gasteiger partial charge in [-0.1, -0.05) is 23.4 Å². The topological polar surface area (TPSA) is 103 Å². The Morgan fingerprint density at radius 2 is 1.79 bits per heavy atom. The largest absolute Gasteiger partial charge is 0.363 e. The highest BCUT2D eigenvalue weighted by atomic mass is 19.3. The smallest absolute Gasteiger partial charge is 0.349 e. The number of halogens is 2. The third-order valence-electron chi connectivity index (χ3n) is 8.70. The second-order valence-corrected chi connectivity index (χ2v) is 11.6. The van der Waals surface area contributed by atoms with Gasteiger partial charge in [0.1, 0.15) is 5.82 Å². The number of rotatable bonds is 0. The molecule has 12 heteroatoms. The minimum Gasteiger partial charge on any atom is -0.363 e.